The highest BCUT2D eigenvalue weighted by molar-refractivity contribution is 6.30. The number of terminal acetylenes is 1. The molecule has 0 unspecified atom stereocenters. The zero-order chi connectivity index (χ0) is 26.4. The van der Waals surface area contributed by atoms with Gasteiger partial charge in [0.1, 0.15) is 18.5 Å². The first-order valence-corrected chi connectivity index (χ1v) is 12.4. The molecule has 9 heteroatoms. The largest absolute Gasteiger partial charge is 0.480 e. The van der Waals surface area contributed by atoms with Gasteiger partial charge in [-0.15, -0.1) is 12.8 Å². The highest BCUT2D eigenvalue weighted by Gasteiger charge is 2.43. The summed E-state index contributed by atoms with van der Waals surface area (Å²) in [7, 11) is 0. The molecule has 2 saturated heterocycles. The van der Waals surface area contributed by atoms with Crippen molar-refractivity contribution in [1.29, 1.82) is 0 Å². The quantitative estimate of drug-likeness (QED) is 0.414. The van der Waals surface area contributed by atoms with Crippen LogP contribution >= 0.6 is 11.6 Å². The van der Waals surface area contributed by atoms with Gasteiger partial charge in [0.25, 0.3) is 0 Å². The van der Waals surface area contributed by atoms with Crippen molar-refractivity contribution < 1.29 is 14.6 Å². The molecule has 0 amide bonds. The number of nitrogens with two attached hydrogens (primary N) is 1. The van der Waals surface area contributed by atoms with Gasteiger partial charge in [-0.2, -0.15) is 9.97 Å². The minimum atomic E-state index is -0.772. The van der Waals surface area contributed by atoms with Crippen molar-refractivity contribution in [3.63, 3.8) is 0 Å². The molecule has 2 aliphatic rings. The van der Waals surface area contributed by atoms with Crippen LogP contribution in [0, 0.1) is 18.3 Å². The fourth-order valence-corrected chi connectivity index (χ4v) is 5.23. The number of nitrogen functional groups attached to an aromatic ring is 1. The maximum atomic E-state index is 11.3. The fourth-order valence-electron chi connectivity index (χ4n) is 5.06. The van der Waals surface area contributed by atoms with Crippen LogP contribution in [0.5, 0.6) is 5.88 Å². The Bertz CT molecular complexity index is 1260. The number of halogens is 1. The lowest BCUT2D eigenvalue weighted by atomic mass is 9.76. The Morgan fingerprint density at radius 1 is 1.16 bits per heavy atom. The Hall–Kier alpha value is -3.80. The van der Waals surface area contributed by atoms with Crippen molar-refractivity contribution in [1.82, 2.24) is 15.3 Å². The van der Waals surface area contributed by atoms with E-state index >= 15 is 0 Å². The topological polar surface area (TPSA) is 114 Å². The number of benzene rings is 2. The second-order valence-electron chi connectivity index (χ2n) is 9.34. The average molecular weight is 520 g/mol. The van der Waals surface area contributed by atoms with Crippen molar-refractivity contribution in [3.05, 3.63) is 65.2 Å². The molecule has 1 spiro atoms. The Kier molecular flexibility index (Phi) is 8.17. The van der Waals surface area contributed by atoms with E-state index in [0.717, 1.165) is 55.0 Å². The van der Waals surface area contributed by atoms with Crippen molar-refractivity contribution in [2.45, 2.75) is 31.9 Å². The molecule has 2 fully saturated rings. The Morgan fingerprint density at radius 3 is 2.57 bits per heavy atom. The maximum absolute atomic E-state index is 11.3. The summed E-state index contributed by atoms with van der Waals surface area (Å²) in [6, 6.07) is 17.1. The first-order chi connectivity index (χ1) is 17.9. The smallest absolute Gasteiger partial charge is 0.320 e. The molecule has 8 nitrogen and oxygen atoms in total. The summed E-state index contributed by atoms with van der Waals surface area (Å²) in [6.45, 7) is 2.60. The molecule has 2 aliphatic heterocycles. The number of carboxylic acids is 1. The summed E-state index contributed by atoms with van der Waals surface area (Å²) in [5, 5.41) is 13.1. The van der Waals surface area contributed by atoms with Gasteiger partial charge in [0, 0.05) is 30.7 Å². The van der Waals surface area contributed by atoms with Gasteiger partial charge in [-0.05, 0) is 53.5 Å². The van der Waals surface area contributed by atoms with E-state index in [1.54, 1.807) is 0 Å². The number of aromatic nitrogens is 2. The van der Waals surface area contributed by atoms with E-state index < -0.39 is 12.0 Å². The summed E-state index contributed by atoms with van der Waals surface area (Å²) in [5.74, 6) is 0.522. The summed E-state index contributed by atoms with van der Waals surface area (Å²) in [5.41, 5.74) is 9.10. The highest BCUT2D eigenvalue weighted by Crippen LogP contribution is 2.40. The summed E-state index contributed by atoms with van der Waals surface area (Å²) in [6.07, 6.45) is 10.5. The third kappa shape index (κ3) is 6.13. The number of rotatable bonds is 6. The molecule has 5 rings (SSSR count). The molecule has 0 saturated carbocycles. The number of ether oxygens (including phenoxy) is 1. The van der Waals surface area contributed by atoms with E-state index in [9.17, 15) is 9.90 Å². The van der Waals surface area contributed by atoms with Crippen LogP contribution in [0.1, 0.15) is 24.8 Å². The molecule has 0 aliphatic carbocycles. The molecule has 1 atom stereocenters. The molecule has 0 bridgehead atoms. The third-order valence-electron chi connectivity index (χ3n) is 7.05. The number of piperidine rings is 1. The van der Waals surface area contributed by atoms with Crippen LogP contribution in [0.3, 0.4) is 0 Å². The zero-order valence-electron chi connectivity index (χ0n) is 20.4. The summed E-state index contributed by atoms with van der Waals surface area (Å²) < 4.78 is 6.06. The van der Waals surface area contributed by atoms with E-state index in [1.165, 1.54) is 0 Å². The van der Waals surface area contributed by atoms with Gasteiger partial charge in [-0.3, -0.25) is 4.79 Å². The van der Waals surface area contributed by atoms with Gasteiger partial charge in [-0.25, -0.2) is 0 Å². The number of anilines is 2. The van der Waals surface area contributed by atoms with Crippen molar-refractivity contribution in [2.75, 3.05) is 30.3 Å². The number of nitrogens with one attached hydrogen (secondary N) is 1. The zero-order valence-corrected chi connectivity index (χ0v) is 21.2. The number of carbonyl (C=O) groups is 1. The second-order valence-corrected chi connectivity index (χ2v) is 9.78. The molecular weight excluding hydrogens is 490 g/mol. The Morgan fingerprint density at radius 2 is 1.89 bits per heavy atom. The van der Waals surface area contributed by atoms with Crippen molar-refractivity contribution in [3.8, 4) is 29.9 Å². The lowest BCUT2D eigenvalue weighted by molar-refractivity contribution is -0.139. The van der Waals surface area contributed by atoms with Gasteiger partial charge in [0.15, 0.2) is 0 Å². The monoisotopic (exact) mass is 519 g/mol. The van der Waals surface area contributed by atoms with E-state index in [4.69, 9.17) is 22.1 Å². The lowest BCUT2D eigenvalue weighted by Crippen LogP contribution is -2.41. The standard InChI is InChI=1S/C26H28ClN5O3.C2H2/c27-19-7-6-18(20(12-19)17-4-2-1-3-5-17)15-35-23-13-22(30-25(28)31-23)32-10-8-26(9-11-32)14-21(24(33)34)29-16-26;1-2/h1-7,12-13,21,29H,8-11,14-16H2,(H,33,34)(H2,28,30,31);1-2H/t21-;/m0./s1. The molecule has 1 aromatic heterocycles. The fraction of sp³-hybridized carbons (Fsp3) is 0.321. The molecule has 4 N–H and O–H groups in total. The van der Waals surface area contributed by atoms with Gasteiger partial charge >= 0.3 is 5.97 Å². The van der Waals surface area contributed by atoms with Crippen LogP contribution in [0.2, 0.25) is 5.02 Å². The SMILES string of the molecule is C#C.Nc1nc(OCc2ccc(Cl)cc2-c2ccccc2)cc(N2CCC3(CC2)CN[C@H](C(=O)O)C3)n1. The first-order valence-electron chi connectivity index (χ1n) is 12.1. The summed E-state index contributed by atoms with van der Waals surface area (Å²) in [4.78, 5) is 22.2. The number of nitrogens with zero attached hydrogens (tertiary/aromatic N) is 3. The molecule has 2 aromatic carbocycles. The maximum Gasteiger partial charge on any atom is 0.320 e. The second kappa shape index (κ2) is 11.5. The number of aliphatic carboxylic acids is 1. The normalized spacial score (nSPS) is 18.1. The van der Waals surface area contributed by atoms with Crippen molar-refractivity contribution >= 4 is 29.3 Å². The number of hydrogen-bond acceptors (Lipinski definition) is 7. The molecule has 0 radical (unpaired) electrons. The molecule has 192 valence electrons. The van der Waals surface area contributed by atoms with Gasteiger partial charge < -0.3 is 25.8 Å². The van der Waals surface area contributed by atoms with Gasteiger partial charge in [0.05, 0.1) is 0 Å². The first kappa shape index (κ1) is 26.3. The van der Waals surface area contributed by atoms with Crippen LogP contribution in [-0.4, -0.2) is 46.7 Å². The molecular formula is C28H30ClN5O3. The van der Waals surface area contributed by atoms with E-state index in [0.29, 0.717) is 23.9 Å². The summed E-state index contributed by atoms with van der Waals surface area (Å²) >= 11 is 6.26. The molecule has 37 heavy (non-hydrogen) atoms. The van der Waals surface area contributed by atoms with E-state index in [-0.39, 0.29) is 11.4 Å². The minimum Gasteiger partial charge on any atom is -0.480 e. The number of carboxylic acid groups (broad SMARTS) is 1. The predicted octanol–water partition coefficient (Wildman–Crippen LogP) is 4.24. The predicted molar refractivity (Wildman–Crippen MR) is 145 cm³/mol. The molecule has 3 aromatic rings. The lowest BCUT2D eigenvalue weighted by Gasteiger charge is -2.39. The third-order valence-corrected chi connectivity index (χ3v) is 7.28. The average Bonchev–Trinajstić information content (AvgIpc) is 3.33. The number of hydrogen-bond donors (Lipinski definition) is 3. The van der Waals surface area contributed by atoms with Crippen molar-refractivity contribution in [2.24, 2.45) is 5.41 Å². The van der Waals surface area contributed by atoms with Crippen LogP contribution in [0.4, 0.5) is 11.8 Å². The van der Waals surface area contributed by atoms with Crippen LogP contribution in [-0.2, 0) is 11.4 Å². The van der Waals surface area contributed by atoms with E-state index in [2.05, 4.69) is 33.0 Å². The van der Waals surface area contributed by atoms with Gasteiger partial charge in [0.2, 0.25) is 11.8 Å². The van der Waals surface area contributed by atoms with Crippen LogP contribution in [0.25, 0.3) is 11.1 Å². The Labute approximate surface area is 221 Å². The molecule has 3 heterocycles. The highest BCUT2D eigenvalue weighted by atomic mass is 35.5. The minimum absolute atomic E-state index is 0.0277. The van der Waals surface area contributed by atoms with Crippen LogP contribution in [0.15, 0.2) is 54.6 Å². The van der Waals surface area contributed by atoms with Crippen LogP contribution < -0.4 is 20.7 Å². The van der Waals surface area contributed by atoms with E-state index in [1.807, 2.05) is 54.6 Å². The Balaban J connectivity index is 0.00000156. The van der Waals surface area contributed by atoms with Gasteiger partial charge in [-0.1, -0.05) is 48.0 Å².